The van der Waals surface area contributed by atoms with E-state index in [4.69, 9.17) is 10.4 Å². The molecule has 0 saturated carbocycles. The van der Waals surface area contributed by atoms with Crippen LogP contribution in [0.2, 0.25) is 0 Å². The van der Waals surface area contributed by atoms with Gasteiger partial charge in [0.1, 0.15) is 0 Å². The Hall–Kier alpha value is -2.33. The summed E-state index contributed by atoms with van der Waals surface area (Å²) in [6.07, 6.45) is 0. The highest BCUT2D eigenvalue weighted by atomic mass is 32.2. The first kappa shape index (κ1) is 11.2. The maximum absolute atomic E-state index is 10.8. The molecule has 0 aliphatic heterocycles. The van der Waals surface area contributed by atoms with Crippen molar-refractivity contribution in [3.05, 3.63) is 35.5 Å². The summed E-state index contributed by atoms with van der Waals surface area (Å²) in [6.45, 7) is 0. The molecule has 0 saturated heterocycles. The van der Waals surface area contributed by atoms with Crippen LogP contribution in [0.4, 0.5) is 0 Å². The monoisotopic (exact) mass is 246 g/mol. The number of aromatic carboxylic acids is 1. The van der Waals surface area contributed by atoms with Crippen molar-refractivity contribution in [3.63, 3.8) is 0 Å². The highest BCUT2D eigenvalue weighted by Crippen LogP contribution is 2.27. The number of aromatic amines is 1. The van der Waals surface area contributed by atoms with E-state index in [-0.39, 0.29) is 5.69 Å². The molecule has 0 bridgehead atoms. The number of benzene rings is 1. The number of nitrogens with zero attached hydrogens (tertiary/aromatic N) is 3. The van der Waals surface area contributed by atoms with Crippen molar-refractivity contribution >= 4 is 17.7 Å². The lowest BCUT2D eigenvalue weighted by Gasteiger charge is -1.98. The van der Waals surface area contributed by atoms with Crippen LogP contribution in [0.5, 0.6) is 0 Å². The summed E-state index contributed by atoms with van der Waals surface area (Å²) in [5.41, 5.74) is 0.437. The Morgan fingerprint density at radius 2 is 2.06 bits per heavy atom. The molecule has 0 aliphatic carbocycles. The zero-order valence-corrected chi connectivity index (χ0v) is 9.23. The van der Waals surface area contributed by atoms with Crippen LogP contribution >= 0.6 is 11.8 Å². The van der Waals surface area contributed by atoms with Gasteiger partial charge < -0.3 is 5.11 Å². The molecular weight excluding hydrogens is 240 g/mol. The highest BCUT2D eigenvalue weighted by molar-refractivity contribution is 7.99. The van der Waals surface area contributed by atoms with E-state index in [1.807, 2.05) is 6.07 Å². The Kier molecular flexibility index (Phi) is 3.07. The minimum atomic E-state index is -1.13. The SMILES string of the molecule is N#Cc1ccc(Sc2n[nH]nc2C(=O)O)cc1. The molecule has 0 aliphatic rings. The lowest BCUT2D eigenvalue weighted by atomic mass is 10.2. The molecule has 1 aromatic carbocycles. The molecule has 1 aromatic heterocycles. The van der Waals surface area contributed by atoms with Crippen molar-refractivity contribution in [1.29, 1.82) is 5.26 Å². The Morgan fingerprint density at radius 1 is 1.35 bits per heavy atom. The molecule has 17 heavy (non-hydrogen) atoms. The second-order valence-electron chi connectivity index (χ2n) is 3.02. The quantitative estimate of drug-likeness (QED) is 0.851. The Morgan fingerprint density at radius 3 is 2.65 bits per heavy atom. The van der Waals surface area contributed by atoms with Crippen molar-refractivity contribution in [2.45, 2.75) is 9.92 Å². The van der Waals surface area contributed by atoms with Gasteiger partial charge in [-0.25, -0.2) is 4.79 Å². The molecule has 7 heteroatoms. The van der Waals surface area contributed by atoms with Crippen LogP contribution < -0.4 is 0 Å². The summed E-state index contributed by atoms with van der Waals surface area (Å²) in [5, 5.41) is 27.3. The van der Waals surface area contributed by atoms with E-state index in [1.165, 1.54) is 11.8 Å². The number of carboxylic acid groups (broad SMARTS) is 1. The number of carboxylic acids is 1. The molecule has 1 heterocycles. The van der Waals surface area contributed by atoms with Gasteiger partial charge in [0.2, 0.25) is 5.69 Å². The van der Waals surface area contributed by atoms with E-state index in [2.05, 4.69) is 15.4 Å². The molecule has 2 rings (SSSR count). The average molecular weight is 246 g/mol. The molecule has 2 aromatic rings. The van der Waals surface area contributed by atoms with Crippen LogP contribution in [0.3, 0.4) is 0 Å². The third-order valence-electron chi connectivity index (χ3n) is 1.92. The zero-order valence-electron chi connectivity index (χ0n) is 8.41. The zero-order chi connectivity index (χ0) is 12.3. The van der Waals surface area contributed by atoms with Gasteiger partial charge in [-0.2, -0.15) is 10.5 Å². The van der Waals surface area contributed by atoms with Crippen LogP contribution in [0.15, 0.2) is 34.2 Å². The molecule has 0 fully saturated rings. The van der Waals surface area contributed by atoms with Crippen molar-refractivity contribution < 1.29 is 9.90 Å². The minimum absolute atomic E-state index is 0.112. The van der Waals surface area contributed by atoms with E-state index in [9.17, 15) is 4.79 Å². The fourth-order valence-corrected chi connectivity index (χ4v) is 1.95. The summed E-state index contributed by atoms with van der Waals surface area (Å²) < 4.78 is 0. The van der Waals surface area contributed by atoms with E-state index in [1.54, 1.807) is 24.3 Å². The summed E-state index contributed by atoms with van der Waals surface area (Å²) in [5.74, 6) is -1.13. The minimum Gasteiger partial charge on any atom is -0.476 e. The van der Waals surface area contributed by atoms with Crippen LogP contribution in [0.1, 0.15) is 16.1 Å². The first-order chi connectivity index (χ1) is 8.20. The average Bonchev–Trinajstić information content (AvgIpc) is 2.78. The fraction of sp³-hybridized carbons (Fsp3) is 0. The van der Waals surface area contributed by atoms with E-state index >= 15 is 0 Å². The lowest BCUT2D eigenvalue weighted by molar-refractivity contribution is 0.0686. The number of rotatable bonds is 3. The van der Waals surface area contributed by atoms with Gasteiger partial charge in [-0.05, 0) is 24.3 Å². The van der Waals surface area contributed by atoms with Gasteiger partial charge in [-0.15, -0.1) is 10.2 Å². The lowest BCUT2D eigenvalue weighted by Crippen LogP contribution is -1.98. The molecule has 0 radical (unpaired) electrons. The smallest absolute Gasteiger partial charge is 0.359 e. The van der Waals surface area contributed by atoms with Crippen LogP contribution in [-0.4, -0.2) is 26.5 Å². The van der Waals surface area contributed by atoms with Gasteiger partial charge in [-0.3, -0.25) is 0 Å². The van der Waals surface area contributed by atoms with Crippen molar-refractivity contribution in [2.24, 2.45) is 0 Å². The van der Waals surface area contributed by atoms with E-state index < -0.39 is 5.97 Å². The van der Waals surface area contributed by atoms with Gasteiger partial charge in [0.05, 0.1) is 11.6 Å². The first-order valence-electron chi connectivity index (χ1n) is 4.53. The van der Waals surface area contributed by atoms with Gasteiger partial charge in [0.15, 0.2) is 5.03 Å². The highest BCUT2D eigenvalue weighted by Gasteiger charge is 2.15. The Labute approximate surface area is 100 Å². The van der Waals surface area contributed by atoms with Gasteiger partial charge in [0, 0.05) is 4.90 Å². The van der Waals surface area contributed by atoms with Crippen molar-refractivity contribution in [1.82, 2.24) is 15.4 Å². The van der Waals surface area contributed by atoms with E-state index in [0.717, 1.165) is 4.90 Å². The Balaban J connectivity index is 2.23. The molecule has 0 amide bonds. The standard InChI is InChI=1S/C10H6N4O2S/c11-5-6-1-3-7(4-2-6)17-9-8(10(15)16)12-14-13-9/h1-4H,(H,15,16)(H,12,13,14). The van der Waals surface area contributed by atoms with Crippen LogP contribution in [-0.2, 0) is 0 Å². The first-order valence-corrected chi connectivity index (χ1v) is 5.34. The molecule has 2 N–H and O–H groups in total. The normalized spacial score (nSPS) is 9.82. The van der Waals surface area contributed by atoms with Gasteiger partial charge >= 0.3 is 5.97 Å². The predicted octanol–water partition coefficient (Wildman–Crippen LogP) is 1.53. The maximum atomic E-state index is 10.8. The topological polar surface area (TPSA) is 103 Å². The molecule has 6 nitrogen and oxygen atoms in total. The van der Waals surface area contributed by atoms with E-state index in [0.29, 0.717) is 10.6 Å². The molecule has 84 valence electrons. The summed E-state index contributed by atoms with van der Waals surface area (Å²) >= 11 is 1.17. The number of hydrogen-bond donors (Lipinski definition) is 2. The summed E-state index contributed by atoms with van der Waals surface area (Å²) in [6, 6.07) is 8.77. The number of carbonyl (C=O) groups is 1. The summed E-state index contributed by atoms with van der Waals surface area (Å²) in [7, 11) is 0. The Bertz CT molecular complexity index is 585. The van der Waals surface area contributed by atoms with Gasteiger partial charge in [-0.1, -0.05) is 11.8 Å². The number of hydrogen-bond acceptors (Lipinski definition) is 5. The van der Waals surface area contributed by atoms with Gasteiger partial charge in [0.25, 0.3) is 0 Å². The molecular formula is C10H6N4O2S. The largest absolute Gasteiger partial charge is 0.476 e. The molecule has 0 unspecified atom stereocenters. The third-order valence-corrected chi connectivity index (χ3v) is 2.90. The number of aromatic nitrogens is 3. The molecule has 0 atom stereocenters. The number of nitriles is 1. The van der Waals surface area contributed by atoms with Crippen LogP contribution in [0.25, 0.3) is 0 Å². The number of nitrogens with one attached hydrogen (secondary N) is 1. The van der Waals surface area contributed by atoms with Crippen molar-refractivity contribution in [3.8, 4) is 6.07 Å². The maximum Gasteiger partial charge on any atom is 0.359 e. The van der Waals surface area contributed by atoms with Crippen molar-refractivity contribution in [2.75, 3.05) is 0 Å². The second kappa shape index (κ2) is 4.67. The second-order valence-corrected chi connectivity index (χ2v) is 4.08. The predicted molar refractivity (Wildman–Crippen MR) is 58.6 cm³/mol. The fourth-order valence-electron chi connectivity index (χ4n) is 1.14. The third kappa shape index (κ3) is 2.43. The van der Waals surface area contributed by atoms with Crippen LogP contribution in [0, 0.1) is 11.3 Å². The number of H-pyrrole nitrogens is 1. The summed E-state index contributed by atoms with van der Waals surface area (Å²) in [4.78, 5) is 11.6. The molecule has 0 spiro atoms.